The Balaban J connectivity index is 1.74. The first-order valence-electron chi connectivity index (χ1n) is 8.38. The molecule has 1 unspecified atom stereocenters. The Hall–Kier alpha value is -1.39. The fourth-order valence-electron chi connectivity index (χ4n) is 3.26. The Labute approximate surface area is 133 Å². The fourth-order valence-corrected chi connectivity index (χ4v) is 3.26. The van der Waals surface area contributed by atoms with E-state index in [1.54, 1.807) is 0 Å². The zero-order chi connectivity index (χ0) is 15.9. The van der Waals surface area contributed by atoms with Gasteiger partial charge in [-0.25, -0.2) is 0 Å². The highest BCUT2D eigenvalue weighted by atomic mass is 16.4. The van der Waals surface area contributed by atoms with E-state index in [9.17, 15) is 4.79 Å². The molecule has 0 heterocycles. The van der Waals surface area contributed by atoms with Gasteiger partial charge in [0.25, 0.3) is 0 Å². The smallest absolute Gasteiger partial charge is 0.317 e. The van der Waals surface area contributed by atoms with E-state index >= 15 is 0 Å². The maximum absolute atomic E-state index is 10.8. The number of hydrogen-bond acceptors (Lipinski definition) is 3. The van der Waals surface area contributed by atoms with Crippen LogP contribution < -0.4 is 5.32 Å². The van der Waals surface area contributed by atoms with E-state index in [1.807, 2.05) is 6.92 Å². The maximum Gasteiger partial charge on any atom is 0.317 e. The van der Waals surface area contributed by atoms with Crippen LogP contribution >= 0.6 is 0 Å². The molecule has 4 heteroatoms. The third kappa shape index (κ3) is 4.55. The molecular formula is C18H28N2O2. The zero-order valence-corrected chi connectivity index (χ0v) is 13.7. The summed E-state index contributed by atoms with van der Waals surface area (Å²) in [6, 6.07) is 11.6. The van der Waals surface area contributed by atoms with E-state index in [-0.39, 0.29) is 6.54 Å². The minimum absolute atomic E-state index is 0.162. The summed E-state index contributed by atoms with van der Waals surface area (Å²) in [5.74, 6) is -0.171. The van der Waals surface area contributed by atoms with Gasteiger partial charge in [0.05, 0.1) is 6.54 Å². The van der Waals surface area contributed by atoms with Crippen LogP contribution in [0.5, 0.6) is 0 Å². The number of likely N-dealkylation sites (N-methyl/N-ethyl adjacent to an activating group) is 1. The van der Waals surface area contributed by atoms with E-state index in [1.165, 1.54) is 5.56 Å². The molecule has 2 N–H and O–H groups in total. The Morgan fingerprint density at radius 1 is 1.32 bits per heavy atom. The van der Waals surface area contributed by atoms with Crippen molar-refractivity contribution in [1.82, 2.24) is 10.2 Å². The minimum atomic E-state index is -0.728. The highest BCUT2D eigenvalue weighted by Crippen LogP contribution is 2.27. The van der Waals surface area contributed by atoms with Gasteiger partial charge >= 0.3 is 5.97 Å². The van der Waals surface area contributed by atoms with Gasteiger partial charge in [0.2, 0.25) is 0 Å². The average molecular weight is 304 g/mol. The molecule has 1 aliphatic rings. The van der Waals surface area contributed by atoms with E-state index in [0.29, 0.717) is 18.0 Å². The topological polar surface area (TPSA) is 52.6 Å². The van der Waals surface area contributed by atoms with Gasteiger partial charge in [-0.15, -0.1) is 0 Å². The summed E-state index contributed by atoms with van der Waals surface area (Å²) in [6.45, 7) is 6.24. The first-order chi connectivity index (χ1) is 10.6. The minimum Gasteiger partial charge on any atom is -0.480 e. The third-order valence-electron chi connectivity index (χ3n) is 4.79. The lowest BCUT2D eigenvalue weighted by molar-refractivity contribution is -0.139. The lowest BCUT2D eigenvalue weighted by Crippen LogP contribution is -2.54. The predicted octanol–water partition coefficient (Wildman–Crippen LogP) is 2.71. The quantitative estimate of drug-likeness (QED) is 0.736. The molecule has 122 valence electrons. The third-order valence-corrected chi connectivity index (χ3v) is 4.79. The lowest BCUT2D eigenvalue weighted by Gasteiger charge is -2.43. The van der Waals surface area contributed by atoms with Crippen LogP contribution in [-0.4, -0.2) is 47.7 Å². The number of rotatable bonds is 9. The highest BCUT2D eigenvalue weighted by molar-refractivity contribution is 5.69. The second-order valence-electron chi connectivity index (χ2n) is 6.20. The molecule has 22 heavy (non-hydrogen) atoms. The molecule has 0 radical (unpaired) electrons. The Bertz CT molecular complexity index is 457. The standard InChI is InChI=1S/C18H28N2O2/c1-3-14(15-8-6-5-7-9-15)12-19-16-10-17(11-16)20(4-2)13-18(21)22/h5-9,14,16-17,19H,3-4,10-13H2,1-2H3,(H,21,22). The van der Waals surface area contributed by atoms with Crippen molar-refractivity contribution in [3.8, 4) is 0 Å². The molecule has 1 atom stereocenters. The molecule has 2 rings (SSSR count). The van der Waals surface area contributed by atoms with Gasteiger partial charge in [0, 0.05) is 18.6 Å². The van der Waals surface area contributed by atoms with Crippen LogP contribution in [0.3, 0.4) is 0 Å². The molecule has 1 fully saturated rings. The second kappa shape index (κ2) is 8.30. The Morgan fingerprint density at radius 2 is 2.00 bits per heavy atom. The van der Waals surface area contributed by atoms with Crippen LogP contribution in [0.2, 0.25) is 0 Å². The Morgan fingerprint density at radius 3 is 2.55 bits per heavy atom. The van der Waals surface area contributed by atoms with Gasteiger partial charge in [0.1, 0.15) is 0 Å². The summed E-state index contributed by atoms with van der Waals surface area (Å²) in [4.78, 5) is 12.9. The fraction of sp³-hybridized carbons (Fsp3) is 0.611. The number of aliphatic carboxylic acids is 1. The number of benzene rings is 1. The van der Waals surface area contributed by atoms with Crippen molar-refractivity contribution < 1.29 is 9.90 Å². The van der Waals surface area contributed by atoms with Crippen LogP contribution in [0, 0.1) is 0 Å². The number of nitrogens with zero attached hydrogens (tertiary/aromatic N) is 1. The van der Waals surface area contributed by atoms with Crippen molar-refractivity contribution in [2.24, 2.45) is 0 Å². The largest absolute Gasteiger partial charge is 0.480 e. The van der Waals surface area contributed by atoms with Gasteiger partial charge in [-0.1, -0.05) is 44.2 Å². The molecule has 0 saturated heterocycles. The van der Waals surface area contributed by atoms with Crippen LogP contribution in [0.4, 0.5) is 0 Å². The average Bonchev–Trinajstić information content (AvgIpc) is 2.48. The van der Waals surface area contributed by atoms with E-state index in [4.69, 9.17) is 5.11 Å². The van der Waals surface area contributed by atoms with Crippen molar-refractivity contribution in [2.45, 2.75) is 51.1 Å². The summed E-state index contributed by atoms with van der Waals surface area (Å²) in [7, 11) is 0. The summed E-state index contributed by atoms with van der Waals surface area (Å²) in [5, 5.41) is 12.6. The van der Waals surface area contributed by atoms with E-state index < -0.39 is 5.97 Å². The van der Waals surface area contributed by atoms with Gasteiger partial charge in [-0.05, 0) is 37.3 Å². The van der Waals surface area contributed by atoms with Crippen molar-refractivity contribution >= 4 is 5.97 Å². The predicted molar refractivity (Wildman–Crippen MR) is 89.2 cm³/mol. The molecular weight excluding hydrogens is 276 g/mol. The normalized spacial score (nSPS) is 22.3. The highest BCUT2D eigenvalue weighted by Gasteiger charge is 2.33. The second-order valence-corrected chi connectivity index (χ2v) is 6.20. The number of carboxylic acid groups (broad SMARTS) is 1. The first kappa shape index (κ1) is 17.0. The maximum atomic E-state index is 10.8. The van der Waals surface area contributed by atoms with Crippen LogP contribution in [0.1, 0.15) is 44.6 Å². The zero-order valence-electron chi connectivity index (χ0n) is 13.7. The Kier molecular flexibility index (Phi) is 6.40. The van der Waals surface area contributed by atoms with Crippen molar-refractivity contribution in [1.29, 1.82) is 0 Å². The first-order valence-corrected chi connectivity index (χ1v) is 8.38. The van der Waals surface area contributed by atoms with Crippen molar-refractivity contribution in [2.75, 3.05) is 19.6 Å². The molecule has 1 saturated carbocycles. The molecule has 0 aromatic heterocycles. The molecule has 0 aliphatic heterocycles. The van der Waals surface area contributed by atoms with Crippen LogP contribution in [-0.2, 0) is 4.79 Å². The van der Waals surface area contributed by atoms with Gasteiger partial charge in [-0.3, -0.25) is 9.69 Å². The summed E-state index contributed by atoms with van der Waals surface area (Å²) in [6.07, 6.45) is 3.26. The number of hydrogen-bond donors (Lipinski definition) is 2. The monoisotopic (exact) mass is 304 g/mol. The van der Waals surface area contributed by atoms with Gasteiger partial charge in [-0.2, -0.15) is 0 Å². The van der Waals surface area contributed by atoms with Crippen molar-refractivity contribution in [3.63, 3.8) is 0 Å². The lowest BCUT2D eigenvalue weighted by atomic mass is 9.84. The molecule has 1 aromatic rings. The number of nitrogens with one attached hydrogen (secondary N) is 1. The molecule has 0 amide bonds. The summed E-state index contributed by atoms with van der Waals surface area (Å²) < 4.78 is 0. The van der Waals surface area contributed by atoms with Crippen LogP contribution in [0.15, 0.2) is 30.3 Å². The molecule has 1 aromatic carbocycles. The molecule has 1 aliphatic carbocycles. The van der Waals surface area contributed by atoms with Crippen molar-refractivity contribution in [3.05, 3.63) is 35.9 Å². The molecule has 4 nitrogen and oxygen atoms in total. The van der Waals surface area contributed by atoms with E-state index in [0.717, 1.165) is 32.4 Å². The molecule has 0 spiro atoms. The van der Waals surface area contributed by atoms with Crippen LogP contribution in [0.25, 0.3) is 0 Å². The summed E-state index contributed by atoms with van der Waals surface area (Å²) >= 11 is 0. The SMILES string of the molecule is CCC(CNC1CC(N(CC)CC(=O)O)C1)c1ccccc1. The van der Waals surface area contributed by atoms with Gasteiger partial charge < -0.3 is 10.4 Å². The van der Waals surface area contributed by atoms with Gasteiger partial charge in [0.15, 0.2) is 0 Å². The van der Waals surface area contributed by atoms with E-state index in [2.05, 4.69) is 47.5 Å². The summed E-state index contributed by atoms with van der Waals surface area (Å²) in [5.41, 5.74) is 1.40. The number of carboxylic acids is 1. The molecule has 0 bridgehead atoms. The number of carbonyl (C=O) groups is 1.